The van der Waals surface area contributed by atoms with Crippen LogP contribution in [0.3, 0.4) is 0 Å². The van der Waals surface area contributed by atoms with E-state index in [1.165, 1.54) is 5.39 Å². The average Bonchev–Trinajstić information content (AvgIpc) is 3.95. The van der Waals surface area contributed by atoms with Crippen LogP contribution in [-0.4, -0.2) is 11.7 Å². The SMILES string of the molecule is c1ccc2cc(C3=NC(c4ccc(-c5cccc6oc7ccccc7c56)c5oc6ccccc6c45)=NC(c4cccc5oc6ccccc6c45)N3)ccc2c1. The van der Waals surface area contributed by atoms with Gasteiger partial charge in [0.05, 0.1) is 0 Å². The van der Waals surface area contributed by atoms with Crippen LogP contribution >= 0.6 is 0 Å². The number of rotatable bonds is 4. The number of para-hydroxylation sites is 3. The fraction of sp³-hybridized carbons (Fsp3) is 0.0204. The summed E-state index contributed by atoms with van der Waals surface area (Å²) in [6.45, 7) is 0. The van der Waals surface area contributed by atoms with Crippen molar-refractivity contribution in [3.63, 3.8) is 0 Å². The summed E-state index contributed by atoms with van der Waals surface area (Å²) < 4.78 is 19.5. The summed E-state index contributed by atoms with van der Waals surface area (Å²) in [4.78, 5) is 10.8. The molecule has 0 radical (unpaired) electrons. The van der Waals surface area contributed by atoms with Crippen molar-refractivity contribution >= 4 is 88.3 Å². The Hall–Kier alpha value is -7.44. The van der Waals surface area contributed by atoms with E-state index in [0.29, 0.717) is 5.84 Å². The van der Waals surface area contributed by atoms with Gasteiger partial charge in [-0.05, 0) is 64.9 Å². The maximum absolute atomic E-state index is 6.81. The molecular formula is C49H29N3O3. The molecule has 0 saturated carbocycles. The monoisotopic (exact) mass is 707 g/mol. The van der Waals surface area contributed by atoms with Crippen LogP contribution in [0.2, 0.25) is 0 Å². The second kappa shape index (κ2) is 11.5. The van der Waals surface area contributed by atoms with Crippen LogP contribution in [0.25, 0.3) is 87.7 Å². The van der Waals surface area contributed by atoms with Gasteiger partial charge in [-0.1, -0.05) is 115 Å². The van der Waals surface area contributed by atoms with E-state index in [1.54, 1.807) is 0 Å². The Bertz CT molecular complexity index is 3430. The molecule has 6 heteroatoms. The molecule has 6 nitrogen and oxygen atoms in total. The molecule has 11 aromatic rings. The van der Waals surface area contributed by atoms with Crippen molar-refractivity contribution in [2.75, 3.05) is 0 Å². The van der Waals surface area contributed by atoms with Gasteiger partial charge in [-0.2, -0.15) is 0 Å². The molecule has 1 atom stereocenters. The van der Waals surface area contributed by atoms with Gasteiger partial charge >= 0.3 is 0 Å². The number of aliphatic imine (C=N–C) groups is 2. The van der Waals surface area contributed by atoms with Crippen molar-refractivity contribution in [3.05, 3.63) is 180 Å². The lowest BCUT2D eigenvalue weighted by Gasteiger charge is -2.24. The highest BCUT2D eigenvalue weighted by Crippen LogP contribution is 2.44. The molecule has 0 spiro atoms. The van der Waals surface area contributed by atoms with Crippen molar-refractivity contribution in [1.29, 1.82) is 0 Å². The Morgan fingerprint density at radius 2 is 1.04 bits per heavy atom. The third kappa shape index (κ3) is 4.55. The molecule has 1 unspecified atom stereocenters. The van der Waals surface area contributed by atoms with Crippen molar-refractivity contribution in [2.24, 2.45) is 9.98 Å². The van der Waals surface area contributed by atoms with E-state index < -0.39 is 6.17 Å². The summed E-state index contributed by atoms with van der Waals surface area (Å²) in [7, 11) is 0. The standard InChI is InChI=1S/C49H29N3O3/c1-2-12-29-27-30(24-23-28(29)11-1)47-50-48(36-17-10-22-42-44(36)34-14-4-7-19-39(34)54-42)52-49(51-47)37-26-25-32(46-45(37)35-15-5-8-20-40(35)55-46)31-16-9-21-41-43(31)33-13-3-6-18-38(33)53-41/h1-27,48H,(H,50,51,52). The highest BCUT2D eigenvalue weighted by Gasteiger charge is 2.27. The van der Waals surface area contributed by atoms with Gasteiger partial charge in [-0.25, -0.2) is 9.98 Å². The van der Waals surface area contributed by atoms with Crippen LogP contribution < -0.4 is 5.32 Å². The maximum Gasteiger partial charge on any atom is 0.160 e. The summed E-state index contributed by atoms with van der Waals surface area (Å²) in [5.41, 5.74) is 9.83. The fourth-order valence-electron chi connectivity index (χ4n) is 8.47. The van der Waals surface area contributed by atoms with Crippen LogP contribution in [0.4, 0.5) is 0 Å². The van der Waals surface area contributed by atoms with E-state index in [9.17, 15) is 0 Å². The predicted molar refractivity (Wildman–Crippen MR) is 223 cm³/mol. The van der Waals surface area contributed by atoms with E-state index in [1.807, 2.05) is 66.7 Å². The Morgan fingerprint density at radius 3 is 1.82 bits per heavy atom. The normalized spacial score (nSPS) is 14.7. The molecule has 258 valence electrons. The molecule has 1 N–H and O–H groups in total. The lowest BCUT2D eigenvalue weighted by molar-refractivity contribution is 0.662. The van der Waals surface area contributed by atoms with Gasteiger partial charge in [-0.3, -0.25) is 0 Å². The topological polar surface area (TPSA) is 76.2 Å². The van der Waals surface area contributed by atoms with Crippen molar-refractivity contribution < 1.29 is 13.3 Å². The lowest BCUT2D eigenvalue weighted by Crippen LogP contribution is -2.33. The zero-order chi connectivity index (χ0) is 36.0. The van der Waals surface area contributed by atoms with Crippen LogP contribution in [-0.2, 0) is 0 Å². The van der Waals surface area contributed by atoms with E-state index in [0.717, 1.165) is 105 Å². The van der Waals surface area contributed by atoms with Crippen LogP contribution in [0.5, 0.6) is 0 Å². The average molecular weight is 708 g/mol. The quantitative estimate of drug-likeness (QED) is 0.198. The molecule has 1 aliphatic heterocycles. The molecule has 0 saturated heterocycles. The Balaban J connectivity index is 1.12. The Morgan fingerprint density at radius 1 is 0.436 bits per heavy atom. The minimum Gasteiger partial charge on any atom is -0.456 e. The number of nitrogens with one attached hydrogen (secondary N) is 1. The molecule has 4 heterocycles. The molecule has 1 aliphatic rings. The summed E-state index contributed by atoms with van der Waals surface area (Å²) in [6, 6.07) is 56.2. The molecule has 0 bridgehead atoms. The van der Waals surface area contributed by atoms with Gasteiger partial charge < -0.3 is 18.6 Å². The smallest absolute Gasteiger partial charge is 0.160 e. The molecule has 0 aliphatic carbocycles. The molecule has 8 aromatic carbocycles. The highest BCUT2D eigenvalue weighted by molar-refractivity contribution is 6.25. The van der Waals surface area contributed by atoms with Crippen molar-refractivity contribution in [2.45, 2.75) is 6.17 Å². The highest BCUT2D eigenvalue weighted by atomic mass is 16.3. The molecular weight excluding hydrogens is 679 g/mol. The van der Waals surface area contributed by atoms with Crippen LogP contribution in [0.1, 0.15) is 22.9 Å². The maximum atomic E-state index is 6.81. The molecule has 0 fully saturated rings. The van der Waals surface area contributed by atoms with Gasteiger partial charge in [0.2, 0.25) is 0 Å². The minimum absolute atomic E-state index is 0.461. The first-order chi connectivity index (χ1) is 27.2. The second-order valence-electron chi connectivity index (χ2n) is 14.1. The lowest BCUT2D eigenvalue weighted by atomic mass is 9.94. The van der Waals surface area contributed by atoms with Gasteiger partial charge in [0.1, 0.15) is 45.5 Å². The molecule has 12 rings (SSSR count). The summed E-state index contributed by atoms with van der Waals surface area (Å²) >= 11 is 0. The number of nitrogens with zero attached hydrogens (tertiary/aromatic N) is 2. The van der Waals surface area contributed by atoms with E-state index in [2.05, 4.69) is 102 Å². The third-order valence-electron chi connectivity index (χ3n) is 11.0. The van der Waals surface area contributed by atoms with E-state index in [-0.39, 0.29) is 0 Å². The summed E-state index contributed by atoms with van der Waals surface area (Å²) in [5, 5.41) is 12.2. The predicted octanol–water partition coefficient (Wildman–Crippen LogP) is 12.7. The van der Waals surface area contributed by atoms with E-state index in [4.69, 9.17) is 23.2 Å². The second-order valence-corrected chi connectivity index (χ2v) is 14.1. The Kier molecular flexibility index (Phi) is 6.30. The zero-order valence-electron chi connectivity index (χ0n) is 29.3. The van der Waals surface area contributed by atoms with Crippen LogP contribution in [0, 0.1) is 0 Å². The number of hydrogen-bond acceptors (Lipinski definition) is 6. The molecule has 3 aromatic heterocycles. The van der Waals surface area contributed by atoms with Crippen molar-refractivity contribution in [1.82, 2.24) is 5.32 Å². The first-order valence-corrected chi connectivity index (χ1v) is 18.4. The minimum atomic E-state index is -0.461. The molecule has 55 heavy (non-hydrogen) atoms. The van der Waals surface area contributed by atoms with Crippen LogP contribution in [0.15, 0.2) is 187 Å². The number of amidine groups is 2. The van der Waals surface area contributed by atoms with Crippen molar-refractivity contribution in [3.8, 4) is 11.1 Å². The number of furan rings is 3. The van der Waals surface area contributed by atoms with Gasteiger partial charge in [-0.15, -0.1) is 0 Å². The first kappa shape index (κ1) is 30.1. The van der Waals surface area contributed by atoms with Gasteiger partial charge in [0.15, 0.2) is 5.84 Å². The summed E-state index contributed by atoms with van der Waals surface area (Å²) in [5.74, 6) is 1.36. The number of hydrogen-bond donors (Lipinski definition) is 1. The molecule has 0 amide bonds. The largest absolute Gasteiger partial charge is 0.456 e. The van der Waals surface area contributed by atoms with Gasteiger partial charge in [0.25, 0.3) is 0 Å². The summed E-state index contributed by atoms with van der Waals surface area (Å²) in [6.07, 6.45) is -0.461. The number of benzene rings is 8. The van der Waals surface area contributed by atoms with E-state index >= 15 is 0 Å². The Labute approximate surface area is 313 Å². The fourth-order valence-corrected chi connectivity index (χ4v) is 8.47. The third-order valence-corrected chi connectivity index (χ3v) is 11.0. The zero-order valence-corrected chi connectivity index (χ0v) is 29.3. The number of fused-ring (bicyclic) bond motifs is 10. The first-order valence-electron chi connectivity index (χ1n) is 18.4. The van der Waals surface area contributed by atoms with Gasteiger partial charge in [0, 0.05) is 54.6 Å².